The predicted octanol–water partition coefficient (Wildman–Crippen LogP) is 6.03. The summed E-state index contributed by atoms with van der Waals surface area (Å²) in [6, 6.07) is 19.9. The van der Waals surface area contributed by atoms with E-state index >= 15 is 0 Å². The van der Waals surface area contributed by atoms with Crippen LogP contribution < -0.4 is 16.4 Å². The molecule has 210 valence electrons. The van der Waals surface area contributed by atoms with Gasteiger partial charge in [-0.1, -0.05) is 47.5 Å². The van der Waals surface area contributed by atoms with Crippen molar-refractivity contribution in [1.82, 2.24) is 14.5 Å². The number of rotatable bonds is 9. The molecular weight excluding hydrogens is 543 g/mol. The molecule has 1 amide bonds. The highest BCUT2D eigenvalue weighted by molar-refractivity contribution is 6.36. The van der Waals surface area contributed by atoms with Gasteiger partial charge in [0.2, 0.25) is 5.91 Å². The lowest BCUT2D eigenvalue weighted by atomic mass is 10.0. The van der Waals surface area contributed by atoms with Gasteiger partial charge in [-0.05, 0) is 73.7 Å². The molecule has 7 nitrogen and oxygen atoms in total. The minimum Gasteiger partial charge on any atom is -0.381 e. The van der Waals surface area contributed by atoms with E-state index in [9.17, 15) is 4.79 Å². The number of aromatic nitrogens is 2. The van der Waals surface area contributed by atoms with E-state index < -0.39 is 0 Å². The van der Waals surface area contributed by atoms with Gasteiger partial charge in [0.05, 0.1) is 27.8 Å². The molecule has 4 aromatic rings. The number of nitrogens with one attached hydrogen (secondary N) is 2. The van der Waals surface area contributed by atoms with E-state index in [1.165, 1.54) is 5.56 Å². The Labute approximate surface area is 245 Å². The molecule has 1 aliphatic rings. The maximum Gasteiger partial charge on any atom is 0.241 e. The fourth-order valence-corrected chi connectivity index (χ4v) is 5.78. The van der Waals surface area contributed by atoms with Gasteiger partial charge in [-0.25, -0.2) is 4.98 Å². The Hall–Kier alpha value is -3.10. The van der Waals surface area contributed by atoms with Crippen LogP contribution in [0.15, 0.2) is 60.7 Å². The topological polar surface area (TPSA) is 88.2 Å². The Morgan fingerprint density at radius 1 is 1.02 bits per heavy atom. The molecule has 9 heteroatoms. The van der Waals surface area contributed by atoms with Crippen molar-refractivity contribution in [3.63, 3.8) is 0 Å². The molecule has 1 unspecified atom stereocenters. The normalized spacial score (nSPS) is 15.3. The van der Waals surface area contributed by atoms with Gasteiger partial charge < -0.3 is 20.9 Å². The minimum atomic E-state index is -0.235. The number of aryl methyl sites for hydroxylation is 3. The van der Waals surface area contributed by atoms with Crippen molar-refractivity contribution in [3.05, 3.63) is 87.7 Å². The number of halogens is 2. The average molecular weight is 580 g/mol. The molecular formula is C31H36Cl2N6O. The van der Waals surface area contributed by atoms with Crippen LogP contribution in [0.1, 0.15) is 36.7 Å². The lowest BCUT2D eigenvalue weighted by Gasteiger charge is -2.36. The van der Waals surface area contributed by atoms with Gasteiger partial charge in [0.15, 0.2) is 0 Å². The lowest BCUT2D eigenvalue weighted by molar-refractivity contribution is -0.121. The molecule has 0 saturated carbocycles. The average Bonchev–Trinajstić information content (AvgIpc) is 3.28. The number of benzene rings is 3. The van der Waals surface area contributed by atoms with E-state index in [0.717, 1.165) is 72.6 Å². The van der Waals surface area contributed by atoms with Gasteiger partial charge in [-0.2, -0.15) is 0 Å². The first-order chi connectivity index (χ1) is 19.3. The number of piperidine rings is 1. The number of likely N-dealkylation sites (tertiary alicyclic amines) is 1. The predicted molar refractivity (Wildman–Crippen MR) is 165 cm³/mol. The number of carbonyl (C=O) groups is 1. The van der Waals surface area contributed by atoms with E-state index in [4.69, 9.17) is 33.9 Å². The van der Waals surface area contributed by atoms with Crippen LogP contribution in [0.5, 0.6) is 0 Å². The Morgan fingerprint density at radius 2 is 1.75 bits per heavy atom. The molecule has 40 heavy (non-hydrogen) atoms. The van der Waals surface area contributed by atoms with E-state index in [-0.39, 0.29) is 11.9 Å². The second-order valence-electron chi connectivity index (χ2n) is 10.6. The van der Waals surface area contributed by atoms with Crippen LogP contribution in [0.3, 0.4) is 0 Å². The third kappa shape index (κ3) is 6.61. The molecule has 1 aromatic heterocycles. The van der Waals surface area contributed by atoms with Crippen LogP contribution in [0.2, 0.25) is 10.0 Å². The molecule has 3 aromatic carbocycles. The molecule has 0 aliphatic carbocycles. The monoisotopic (exact) mass is 578 g/mol. The maximum atomic E-state index is 13.1. The van der Waals surface area contributed by atoms with Gasteiger partial charge in [0, 0.05) is 49.9 Å². The second-order valence-corrected chi connectivity index (χ2v) is 11.4. The Balaban J connectivity index is 1.15. The van der Waals surface area contributed by atoms with Crippen molar-refractivity contribution >= 4 is 51.5 Å². The maximum absolute atomic E-state index is 13.1. The first-order valence-corrected chi connectivity index (χ1v) is 14.6. The fourth-order valence-electron chi connectivity index (χ4n) is 5.32. The highest BCUT2D eigenvalue weighted by atomic mass is 35.5. The summed E-state index contributed by atoms with van der Waals surface area (Å²) < 4.78 is 2.13. The quantitative estimate of drug-likeness (QED) is 0.226. The zero-order valence-electron chi connectivity index (χ0n) is 23.0. The summed E-state index contributed by atoms with van der Waals surface area (Å²) in [5.41, 5.74) is 11.7. The van der Waals surface area contributed by atoms with Crippen molar-refractivity contribution in [2.45, 2.75) is 51.2 Å². The molecule has 5 rings (SSSR count). The first-order valence-electron chi connectivity index (χ1n) is 13.8. The molecule has 1 saturated heterocycles. The summed E-state index contributed by atoms with van der Waals surface area (Å²) in [5.74, 6) is 1.01. The number of fused-ring (bicyclic) bond motifs is 1. The van der Waals surface area contributed by atoms with Crippen molar-refractivity contribution in [2.75, 3.05) is 23.7 Å². The number of nitrogens with two attached hydrogens (primary N) is 1. The molecule has 0 radical (unpaired) electrons. The number of imidazole rings is 1. The number of nitrogens with zero attached hydrogens (tertiary/aromatic N) is 3. The molecule has 2 heterocycles. The standard InChI is InChI=1S/C31H36Cl2N6O/c1-20(39-15-13-24(14-16-39)35-27-10-8-23(32)17-26(27)33)31(40)36-25-9-11-29-28(18-25)37-30(38(29)2)12-7-21-3-5-22(19-34)6-4-21/h3-6,8-11,17-18,20,24,35H,7,12-16,19,34H2,1-2H3,(H,36,40). The molecule has 1 aliphatic heterocycles. The highest BCUT2D eigenvalue weighted by Crippen LogP contribution is 2.28. The van der Waals surface area contributed by atoms with Crippen LogP contribution in [0, 0.1) is 0 Å². The number of amides is 1. The largest absolute Gasteiger partial charge is 0.381 e. The number of anilines is 2. The molecule has 1 atom stereocenters. The van der Waals surface area contributed by atoms with Gasteiger partial charge in [0.25, 0.3) is 0 Å². The third-order valence-electron chi connectivity index (χ3n) is 7.88. The number of carbonyl (C=O) groups excluding carboxylic acids is 1. The summed E-state index contributed by atoms with van der Waals surface area (Å²) >= 11 is 12.3. The van der Waals surface area contributed by atoms with Crippen molar-refractivity contribution in [3.8, 4) is 0 Å². The smallest absolute Gasteiger partial charge is 0.241 e. The number of hydrogen-bond acceptors (Lipinski definition) is 5. The van der Waals surface area contributed by atoms with Crippen LogP contribution in [0.4, 0.5) is 11.4 Å². The van der Waals surface area contributed by atoms with Crippen molar-refractivity contribution in [2.24, 2.45) is 12.8 Å². The van der Waals surface area contributed by atoms with Crippen LogP contribution in [0.25, 0.3) is 11.0 Å². The summed E-state index contributed by atoms with van der Waals surface area (Å²) in [7, 11) is 2.04. The van der Waals surface area contributed by atoms with Crippen molar-refractivity contribution < 1.29 is 4.79 Å². The summed E-state index contributed by atoms with van der Waals surface area (Å²) in [5, 5.41) is 7.87. The van der Waals surface area contributed by atoms with Crippen molar-refractivity contribution in [1.29, 1.82) is 0 Å². The van der Waals surface area contributed by atoms with Crippen LogP contribution >= 0.6 is 23.2 Å². The number of hydrogen-bond donors (Lipinski definition) is 3. The Bertz CT molecular complexity index is 1480. The van der Waals surface area contributed by atoms with Crippen LogP contribution in [-0.2, 0) is 31.2 Å². The van der Waals surface area contributed by atoms with Gasteiger partial charge in [0.1, 0.15) is 5.82 Å². The molecule has 1 fully saturated rings. The van der Waals surface area contributed by atoms with Gasteiger partial charge in [-0.3, -0.25) is 9.69 Å². The zero-order valence-corrected chi connectivity index (χ0v) is 24.5. The van der Waals surface area contributed by atoms with Gasteiger partial charge >= 0.3 is 0 Å². The lowest BCUT2D eigenvalue weighted by Crippen LogP contribution is -2.48. The second kappa shape index (κ2) is 12.6. The molecule has 0 bridgehead atoms. The minimum absolute atomic E-state index is 0.0106. The zero-order chi connectivity index (χ0) is 28.2. The highest BCUT2D eigenvalue weighted by Gasteiger charge is 2.27. The third-order valence-corrected chi connectivity index (χ3v) is 8.43. The van der Waals surface area contributed by atoms with E-state index in [1.807, 2.05) is 44.3 Å². The summed E-state index contributed by atoms with van der Waals surface area (Å²) in [6.45, 7) is 4.18. The van der Waals surface area contributed by atoms with Gasteiger partial charge in [-0.15, -0.1) is 0 Å². The Morgan fingerprint density at radius 3 is 2.45 bits per heavy atom. The summed E-state index contributed by atoms with van der Waals surface area (Å²) in [4.78, 5) is 20.2. The van der Waals surface area contributed by atoms with E-state index in [2.05, 4.69) is 44.4 Å². The Kier molecular flexibility index (Phi) is 8.96. The fraction of sp³-hybridized carbons (Fsp3) is 0.355. The summed E-state index contributed by atoms with van der Waals surface area (Å²) in [6.07, 6.45) is 3.59. The molecule has 0 spiro atoms. The van der Waals surface area contributed by atoms with Crippen LogP contribution in [-0.4, -0.2) is 45.5 Å². The first kappa shape index (κ1) is 28.4. The van der Waals surface area contributed by atoms with E-state index in [1.54, 1.807) is 6.07 Å². The van der Waals surface area contributed by atoms with E-state index in [0.29, 0.717) is 22.6 Å². The SMILES string of the molecule is CC(C(=O)Nc1ccc2c(c1)nc(CCc1ccc(CN)cc1)n2C)N1CCC(Nc2ccc(Cl)cc2Cl)CC1. The molecule has 4 N–H and O–H groups in total.